The largest absolute Gasteiger partial charge is 0.433 e. The number of amides is 1. The van der Waals surface area contributed by atoms with Gasteiger partial charge in [-0.1, -0.05) is 12.1 Å². The zero-order valence-corrected chi connectivity index (χ0v) is 18.0. The van der Waals surface area contributed by atoms with Crippen LogP contribution in [0.1, 0.15) is 38.6 Å². The van der Waals surface area contributed by atoms with Gasteiger partial charge in [-0.2, -0.15) is 23.5 Å². The number of carbonyl (C=O) groups excluding carboxylic acids is 1. The molecular formula is C24H17F4N5O. The second kappa shape index (κ2) is 8.59. The van der Waals surface area contributed by atoms with Crippen LogP contribution < -0.4 is 5.32 Å². The van der Waals surface area contributed by atoms with Crippen LogP contribution in [0.4, 0.5) is 23.2 Å². The molecule has 0 atom stereocenters. The molecule has 1 amide bonds. The summed E-state index contributed by atoms with van der Waals surface area (Å²) in [6, 6.07) is 12.4. The third-order valence-electron chi connectivity index (χ3n) is 5.34. The van der Waals surface area contributed by atoms with Crippen LogP contribution in [0.15, 0.2) is 48.5 Å². The topological polar surface area (TPSA) is 83.6 Å². The van der Waals surface area contributed by atoms with Gasteiger partial charge in [-0.05, 0) is 55.8 Å². The van der Waals surface area contributed by atoms with Gasteiger partial charge in [-0.15, -0.1) is 0 Å². The highest BCUT2D eigenvalue weighted by Gasteiger charge is 2.34. The summed E-state index contributed by atoms with van der Waals surface area (Å²) in [6.07, 6.45) is -4.76. The lowest BCUT2D eigenvalue weighted by atomic mass is 10.0. The smallest absolute Gasteiger partial charge is 0.319 e. The number of fused-ring (bicyclic) bond motifs is 1. The van der Waals surface area contributed by atoms with Gasteiger partial charge in [-0.3, -0.25) is 9.48 Å². The molecule has 4 rings (SSSR count). The number of aryl methyl sites for hydroxylation is 1. The maximum atomic E-state index is 13.4. The molecular weight excluding hydrogens is 450 g/mol. The summed E-state index contributed by atoms with van der Waals surface area (Å²) in [5.74, 6) is -1.16. The van der Waals surface area contributed by atoms with E-state index in [-0.39, 0.29) is 27.8 Å². The number of nitrogens with zero attached hydrogens (tertiary/aromatic N) is 4. The molecule has 0 aliphatic carbocycles. The van der Waals surface area contributed by atoms with Crippen LogP contribution in [-0.2, 0) is 12.7 Å². The van der Waals surface area contributed by atoms with E-state index in [0.29, 0.717) is 29.7 Å². The number of nitrogens with one attached hydrogen (secondary N) is 1. The highest BCUT2D eigenvalue weighted by atomic mass is 19.4. The summed E-state index contributed by atoms with van der Waals surface area (Å²) < 4.78 is 55.0. The van der Waals surface area contributed by atoms with Crippen molar-refractivity contribution in [1.29, 1.82) is 5.26 Å². The molecule has 2 aromatic carbocycles. The number of hydrogen-bond donors (Lipinski definition) is 1. The molecule has 0 aliphatic heterocycles. The lowest BCUT2D eigenvalue weighted by Gasteiger charge is -2.13. The summed E-state index contributed by atoms with van der Waals surface area (Å²) in [4.78, 5) is 16.8. The molecule has 0 aliphatic rings. The number of alkyl halides is 3. The van der Waals surface area contributed by atoms with Crippen molar-refractivity contribution in [2.45, 2.75) is 26.6 Å². The number of rotatable bonds is 4. The number of halogens is 4. The van der Waals surface area contributed by atoms with Gasteiger partial charge in [-0.25, -0.2) is 9.37 Å². The molecule has 172 valence electrons. The summed E-state index contributed by atoms with van der Waals surface area (Å²) in [6.45, 7) is 3.67. The number of hydrogen-bond acceptors (Lipinski definition) is 4. The van der Waals surface area contributed by atoms with Crippen LogP contribution in [0, 0.1) is 31.0 Å². The zero-order valence-electron chi connectivity index (χ0n) is 18.0. The van der Waals surface area contributed by atoms with Crippen molar-refractivity contribution in [2.24, 2.45) is 0 Å². The Balaban J connectivity index is 1.72. The van der Waals surface area contributed by atoms with E-state index < -0.39 is 17.8 Å². The van der Waals surface area contributed by atoms with Gasteiger partial charge >= 0.3 is 6.18 Å². The minimum absolute atomic E-state index is 0.0561. The van der Waals surface area contributed by atoms with Crippen molar-refractivity contribution in [3.8, 4) is 6.07 Å². The summed E-state index contributed by atoms with van der Waals surface area (Å²) in [5, 5.41) is 16.4. The van der Waals surface area contributed by atoms with Crippen LogP contribution in [0.2, 0.25) is 0 Å². The van der Waals surface area contributed by atoms with Crippen LogP contribution >= 0.6 is 0 Å². The van der Waals surface area contributed by atoms with Crippen molar-refractivity contribution in [3.05, 3.63) is 88.1 Å². The van der Waals surface area contributed by atoms with E-state index in [1.54, 1.807) is 30.7 Å². The molecule has 34 heavy (non-hydrogen) atoms. The number of aromatic nitrogens is 3. The normalized spacial score (nSPS) is 11.4. The summed E-state index contributed by atoms with van der Waals surface area (Å²) in [7, 11) is 0. The van der Waals surface area contributed by atoms with E-state index in [1.807, 2.05) is 6.07 Å². The van der Waals surface area contributed by atoms with E-state index in [1.165, 1.54) is 30.3 Å². The van der Waals surface area contributed by atoms with E-state index in [2.05, 4.69) is 15.4 Å². The average molecular weight is 467 g/mol. The maximum Gasteiger partial charge on any atom is 0.433 e. The molecule has 0 bridgehead atoms. The molecule has 0 saturated carbocycles. The van der Waals surface area contributed by atoms with Gasteiger partial charge in [0.1, 0.15) is 11.5 Å². The summed E-state index contributed by atoms with van der Waals surface area (Å²) >= 11 is 0. The zero-order chi connectivity index (χ0) is 24.6. The Morgan fingerprint density at radius 1 is 1.12 bits per heavy atom. The number of anilines is 1. The number of pyridine rings is 1. The number of benzene rings is 2. The van der Waals surface area contributed by atoms with Gasteiger partial charge < -0.3 is 5.32 Å². The number of nitriles is 1. The Morgan fingerprint density at radius 3 is 2.47 bits per heavy atom. The molecule has 2 heterocycles. The lowest BCUT2D eigenvalue weighted by Crippen LogP contribution is -2.17. The minimum atomic E-state index is -4.76. The van der Waals surface area contributed by atoms with Crippen molar-refractivity contribution in [1.82, 2.24) is 14.8 Å². The monoisotopic (exact) mass is 467 g/mol. The predicted molar refractivity (Wildman–Crippen MR) is 117 cm³/mol. The molecule has 2 aromatic heterocycles. The highest BCUT2D eigenvalue weighted by molar-refractivity contribution is 6.13. The van der Waals surface area contributed by atoms with Crippen molar-refractivity contribution in [3.63, 3.8) is 0 Å². The summed E-state index contributed by atoms with van der Waals surface area (Å²) in [5.41, 5.74) is 0.810. The lowest BCUT2D eigenvalue weighted by molar-refractivity contribution is -0.140. The van der Waals surface area contributed by atoms with Crippen LogP contribution in [0.5, 0.6) is 0 Å². The molecule has 0 fully saturated rings. The van der Waals surface area contributed by atoms with Gasteiger partial charge in [0.25, 0.3) is 5.91 Å². The molecule has 0 spiro atoms. The van der Waals surface area contributed by atoms with Gasteiger partial charge in [0, 0.05) is 5.39 Å². The van der Waals surface area contributed by atoms with Crippen LogP contribution in [0.25, 0.3) is 10.9 Å². The fourth-order valence-electron chi connectivity index (χ4n) is 3.60. The Hall–Kier alpha value is -4.26. The highest BCUT2D eigenvalue weighted by Crippen LogP contribution is 2.32. The SMILES string of the molecule is Cc1nn(Cc2ccc(F)cc2)c(C)c1NC(=O)c1cc(C(F)(F)F)nc2ccc(C#N)cc12. The van der Waals surface area contributed by atoms with E-state index in [4.69, 9.17) is 0 Å². The molecule has 0 unspecified atom stereocenters. The van der Waals surface area contributed by atoms with Gasteiger partial charge in [0.05, 0.1) is 46.3 Å². The number of carbonyl (C=O) groups is 1. The third kappa shape index (κ3) is 4.45. The maximum absolute atomic E-state index is 13.4. The Kier molecular flexibility index (Phi) is 5.79. The fourth-order valence-corrected chi connectivity index (χ4v) is 3.60. The van der Waals surface area contributed by atoms with Gasteiger partial charge in [0.15, 0.2) is 0 Å². The molecule has 1 N–H and O–H groups in total. The van der Waals surface area contributed by atoms with E-state index >= 15 is 0 Å². The standard InChI is InChI=1S/C24H17F4N5O/c1-13-22(14(2)33(32-13)12-15-3-6-17(25)7-4-15)31-23(34)19-10-21(24(26,27)28)30-20-8-5-16(11-29)9-18(19)20/h3-10H,12H2,1-2H3,(H,31,34). The second-order valence-corrected chi connectivity index (χ2v) is 7.68. The quantitative estimate of drug-likeness (QED) is 0.409. The first-order valence-corrected chi connectivity index (χ1v) is 10.1. The molecule has 10 heteroatoms. The van der Waals surface area contributed by atoms with Crippen molar-refractivity contribution < 1.29 is 22.4 Å². The Morgan fingerprint density at radius 2 is 1.82 bits per heavy atom. The second-order valence-electron chi connectivity index (χ2n) is 7.68. The first-order chi connectivity index (χ1) is 16.1. The molecule has 4 aromatic rings. The van der Waals surface area contributed by atoms with Crippen molar-refractivity contribution in [2.75, 3.05) is 5.32 Å². The first kappa shape index (κ1) is 22.9. The van der Waals surface area contributed by atoms with E-state index in [0.717, 1.165) is 5.56 Å². The van der Waals surface area contributed by atoms with Crippen molar-refractivity contribution >= 4 is 22.5 Å². The van der Waals surface area contributed by atoms with Crippen LogP contribution in [0.3, 0.4) is 0 Å². The van der Waals surface area contributed by atoms with Crippen LogP contribution in [-0.4, -0.2) is 20.7 Å². The Labute approximate surface area is 191 Å². The minimum Gasteiger partial charge on any atom is -0.319 e. The predicted octanol–water partition coefficient (Wildman–Crippen LogP) is 5.38. The molecule has 0 saturated heterocycles. The van der Waals surface area contributed by atoms with Gasteiger partial charge in [0.2, 0.25) is 0 Å². The first-order valence-electron chi connectivity index (χ1n) is 10.1. The average Bonchev–Trinajstić information content (AvgIpc) is 3.06. The molecule has 0 radical (unpaired) electrons. The Bertz CT molecular complexity index is 1450. The van der Waals surface area contributed by atoms with E-state index in [9.17, 15) is 27.6 Å². The fraction of sp³-hybridized carbons (Fsp3) is 0.167. The third-order valence-corrected chi connectivity index (χ3v) is 5.34. The molecule has 6 nitrogen and oxygen atoms in total.